The summed E-state index contributed by atoms with van der Waals surface area (Å²) in [6, 6.07) is 6.33. The summed E-state index contributed by atoms with van der Waals surface area (Å²) in [4.78, 5) is 17.5. The first-order valence-electron chi connectivity index (χ1n) is 10.2. The molecule has 1 N–H and O–H groups in total. The van der Waals surface area contributed by atoms with Crippen molar-refractivity contribution >= 4 is 23.2 Å². The van der Waals surface area contributed by atoms with Crippen LogP contribution in [0.25, 0.3) is 0 Å². The van der Waals surface area contributed by atoms with E-state index in [4.69, 9.17) is 21.7 Å². The van der Waals surface area contributed by atoms with Gasteiger partial charge < -0.3 is 24.6 Å². The molecule has 1 saturated carbocycles. The van der Waals surface area contributed by atoms with Gasteiger partial charge >= 0.3 is 0 Å². The van der Waals surface area contributed by atoms with Gasteiger partial charge in [-0.25, -0.2) is 0 Å². The minimum Gasteiger partial charge on any atom is -0.497 e. The lowest BCUT2D eigenvalue weighted by atomic mass is 9.87. The molecule has 2 aliphatic heterocycles. The standard InChI is InChI=1S/C21H29N3O3S/c1-26-15-7-8-19(27-2)16(11-15)17-12-24(21(28)22-14-5-6-14)13-18(17)20(25)23-9-3-4-10-23/h7-8,11,14,17-18H,3-6,9-10,12-13H2,1-2H3,(H,22,28)/t17-,18+/m0/s1. The summed E-state index contributed by atoms with van der Waals surface area (Å²) in [5, 5.41) is 4.19. The van der Waals surface area contributed by atoms with Crippen molar-refractivity contribution in [3.8, 4) is 11.5 Å². The van der Waals surface area contributed by atoms with Gasteiger partial charge in [-0.2, -0.15) is 0 Å². The molecule has 2 saturated heterocycles. The van der Waals surface area contributed by atoms with E-state index in [2.05, 4.69) is 10.2 Å². The molecule has 2 heterocycles. The Morgan fingerprint density at radius 1 is 1.11 bits per heavy atom. The molecule has 4 rings (SSSR count). The van der Waals surface area contributed by atoms with Crippen LogP contribution in [0.3, 0.4) is 0 Å². The second kappa shape index (κ2) is 8.15. The summed E-state index contributed by atoms with van der Waals surface area (Å²) in [7, 11) is 3.34. The van der Waals surface area contributed by atoms with E-state index in [0.29, 0.717) is 19.1 Å². The molecule has 1 aliphatic carbocycles. The van der Waals surface area contributed by atoms with Crippen LogP contribution in [0.15, 0.2) is 18.2 Å². The third-order valence-electron chi connectivity index (χ3n) is 6.08. The van der Waals surface area contributed by atoms with Gasteiger partial charge in [-0.3, -0.25) is 4.79 Å². The number of thiocarbonyl (C=S) groups is 1. The Morgan fingerprint density at radius 2 is 1.86 bits per heavy atom. The maximum absolute atomic E-state index is 13.4. The molecule has 1 amide bonds. The Morgan fingerprint density at radius 3 is 2.50 bits per heavy atom. The SMILES string of the molecule is COc1ccc(OC)c([C@@H]2CN(C(=S)NC3CC3)C[C@H]2C(=O)N2CCCC2)c1. The highest BCUT2D eigenvalue weighted by atomic mass is 32.1. The number of hydrogen-bond donors (Lipinski definition) is 1. The van der Waals surface area contributed by atoms with Crippen LogP contribution in [0.5, 0.6) is 11.5 Å². The van der Waals surface area contributed by atoms with Gasteiger partial charge in [0.05, 0.1) is 20.1 Å². The number of rotatable bonds is 5. The van der Waals surface area contributed by atoms with Crippen molar-refractivity contribution in [3.05, 3.63) is 23.8 Å². The molecule has 1 aromatic rings. The summed E-state index contributed by atoms with van der Waals surface area (Å²) >= 11 is 5.65. The minimum atomic E-state index is -0.127. The van der Waals surface area contributed by atoms with Crippen LogP contribution in [0, 0.1) is 5.92 Å². The number of ether oxygens (including phenoxy) is 2. The topological polar surface area (TPSA) is 54.0 Å². The molecule has 3 aliphatic rings. The molecule has 0 spiro atoms. The molecule has 1 aromatic carbocycles. The molecule has 7 heteroatoms. The van der Waals surface area contributed by atoms with Crippen LogP contribution in [-0.2, 0) is 4.79 Å². The third-order valence-corrected chi connectivity index (χ3v) is 6.46. The van der Waals surface area contributed by atoms with Gasteiger partial charge in [-0.15, -0.1) is 0 Å². The van der Waals surface area contributed by atoms with Gasteiger partial charge in [0, 0.05) is 43.7 Å². The number of amides is 1. The summed E-state index contributed by atoms with van der Waals surface area (Å²) in [5.41, 5.74) is 1.02. The zero-order valence-corrected chi connectivity index (χ0v) is 17.5. The van der Waals surface area contributed by atoms with E-state index in [9.17, 15) is 4.79 Å². The molecular weight excluding hydrogens is 374 g/mol. The number of methoxy groups -OCH3 is 2. The average molecular weight is 404 g/mol. The number of likely N-dealkylation sites (tertiary alicyclic amines) is 2. The molecule has 152 valence electrons. The quantitative estimate of drug-likeness (QED) is 0.762. The number of benzene rings is 1. The summed E-state index contributed by atoms with van der Waals surface area (Å²) < 4.78 is 11.1. The Hall–Kier alpha value is -2.02. The van der Waals surface area contributed by atoms with Crippen molar-refractivity contribution in [2.75, 3.05) is 40.4 Å². The molecular formula is C21H29N3O3S. The van der Waals surface area contributed by atoms with Crippen molar-refractivity contribution in [2.24, 2.45) is 5.92 Å². The smallest absolute Gasteiger partial charge is 0.228 e. The summed E-state index contributed by atoms with van der Waals surface area (Å²) in [6.45, 7) is 3.09. The van der Waals surface area contributed by atoms with Crippen LogP contribution in [-0.4, -0.2) is 67.3 Å². The molecule has 6 nitrogen and oxygen atoms in total. The fourth-order valence-corrected chi connectivity index (χ4v) is 4.65. The van der Waals surface area contributed by atoms with Crippen molar-refractivity contribution < 1.29 is 14.3 Å². The van der Waals surface area contributed by atoms with Gasteiger partial charge in [0.25, 0.3) is 0 Å². The van der Waals surface area contributed by atoms with Gasteiger partial charge in [-0.1, -0.05) is 0 Å². The second-order valence-electron chi connectivity index (χ2n) is 7.98. The van der Waals surface area contributed by atoms with Crippen LogP contribution in [0.1, 0.15) is 37.2 Å². The summed E-state index contributed by atoms with van der Waals surface area (Å²) in [5.74, 6) is 1.72. The fraction of sp³-hybridized carbons (Fsp3) is 0.619. The Balaban J connectivity index is 1.62. The number of hydrogen-bond acceptors (Lipinski definition) is 4. The highest BCUT2D eigenvalue weighted by molar-refractivity contribution is 7.80. The number of nitrogens with zero attached hydrogens (tertiary/aromatic N) is 2. The van der Waals surface area contributed by atoms with Crippen molar-refractivity contribution in [1.82, 2.24) is 15.1 Å². The maximum Gasteiger partial charge on any atom is 0.228 e. The fourth-order valence-electron chi connectivity index (χ4n) is 4.33. The molecule has 2 atom stereocenters. The van der Waals surface area contributed by atoms with Crippen molar-refractivity contribution in [1.29, 1.82) is 0 Å². The number of carbonyl (C=O) groups is 1. The molecule has 0 unspecified atom stereocenters. The first-order chi connectivity index (χ1) is 13.6. The van der Waals surface area contributed by atoms with E-state index in [1.54, 1.807) is 14.2 Å². The van der Waals surface area contributed by atoms with Crippen molar-refractivity contribution in [2.45, 2.75) is 37.6 Å². The van der Waals surface area contributed by atoms with Crippen LogP contribution in [0.4, 0.5) is 0 Å². The van der Waals surface area contributed by atoms with Crippen molar-refractivity contribution in [3.63, 3.8) is 0 Å². The largest absolute Gasteiger partial charge is 0.497 e. The van der Waals surface area contributed by atoms with E-state index in [1.165, 1.54) is 12.8 Å². The zero-order chi connectivity index (χ0) is 19.7. The molecule has 0 aromatic heterocycles. The lowest BCUT2D eigenvalue weighted by Crippen LogP contribution is -2.41. The van der Waals surface area contributed by atoms with Gasteiger partial charge in [0.1, 0.15) is 11.5 Å². The summed E-state index contributed by atoms with van der Waals surface area (Å²) in [6.07, 6.45) is 4.54. The molecule has 0 radical (unpaired) electrons. The Kier molecular flexibility index (Phi) is 5.62. The second-order valence-corrected chi connectivity index (χ2v) is 8.37. The lowest BCUT2D eigenvalue weighted by Gasteiger charge is -2.25. The first kappa shape index (κ1) is 19.3. The highest BCUT2D eigenvalue weighted by Gasteiger charge is 2.43. The van der Waals surface area contributed by atoms with Crippen LogP contribution < -0.4 is 14.8 Å². The lowest BCUT2D eigenvalue weighted by molar-refractivity contribution is -0.134. The first-order valence-corrected chi connectivity index (χ1v) is 10.6. The average Bonchev–Trinajstić information content (AvgIpc) is 3.21. The molecule has 28 heavy (non-hydrogen) atoms. The highest BCUT2D eigenvalue weighted by Crippen LogP contribution is 2.40. The van der Waals surface area contributed by atoms with Gasteiger partial charge in [0.2, 0.25) is 5.91 Å². The molecule has 0 bridgehead atoms. The van der Waals surface area contributed by atoms with Crippen LogP contribution in [0.2, 0.25) is 0 Å². The predicted octanol–water partition coefficient (Wildman–Crippen LogP) is 2.38. The van der Waals surface area contributed by atoms with E-state index in [1.807, 2.05) is 23.1 Å². The minimum absolute atomic E-state index is 0.0251. The predicted molar refractivity (Wildman–Crippen MR) is 112 cm³/mol. The number of nitrogens with one attached hydrogen (secondary N) is 1. The third kappa shape index (κ3) is 3.90. The van der Waals surface area contributed by atoms with E-state index in [-0.39, 0.29) is 17.7 Å². The zero-order valence-electron chi connectivity index (χ0n) is 16.6. The molecule has 3 fully saturated rings. The van der Waals surface area contributed by atoms with Gasteiger partial charge in [-0.05, 0) is 56.1 Å². The van der Waals surface area contributed by atoms with E-state index in [0.717, 1.165) is 48.1 Å². The van der Waals surface area contributed by atoms with E-state index < -0.39 is 0 Å². The van der Waals surface area contributed by atoms with Crippen LogP contribution >= 0.6 is 12.2 Å². The van der Waals surface area contributed by atoms with E-state index >= 15 is 0 Å². The Bertz CT molecular complexity index is 746. The maximum atomic E-state index is 13.4. The van der Waals surface area contributed by atoms with Gasteiger partial charge in [0.15, 0.2) is 5.11 Å². The Labute approximate surface area is 172 Å². The normalized spacial score (nSPS) is 24.4. The number of carbonyl (C=O) groups excluding carboxylic acids is 1. The monoisotopic (exact) mass is 403 g/mol.